The van der Waals surface area contributed by atoms with E-state index in [1.807, 2.05) is 23.1 Å². The first-order valence-corrected chi connectivity index (χ1v) is 6.58. The molecule has 2 heterocycles. The van der Waals surface area contributed by atoms with E-state index in [1.165, 1.54) is 0 Å². The summed E-state index contributed by atoms with van der Waals surface area (Å²) in [4.78, 5) is 30.9. The van der Waals surface area contributed by atoms with Gasteiger partial charge in [-0.3, -0.25) is 15.0 Å². The largest absolute Gasteiger partial charge is 0.354 e. The van der Waals surface area contributed by atoms with Gasteiger partial charge in [-0.2, -0.15) is 0 Å². The third-order valence-electron chi connectivity index (χ3n) is 3.46. The Bertz CT molecular complexity index is 471. The van der Waals surface area contributed by atoms with E-state index in [1.54, 1.807) is 13.1 Å². The summed E-state index contributed by atoms with van der Waals surface area (Å²) in [6, 6.07) is 4.63. The molecule has 1 atom stereocenters. The topological polar surface area (TPSA) is 91.6 Å². The molecule has 0 bridgehead atoms. The molecule has 1 aromatic rings. The fourth-order valence-electron chi connectivity index (χ4n) is 2.27. The quantitative estimate of drug-likeness (QED) is 0.797. The van der Waals surface area contributed by atoms with Gasteiger partial charge in [0.25, 0.3) is 0 Å². The van der Waals surface area contributed by atoms with Crippen molar-refractivity contribution in [2.75, 3.05) is 31.1 Å². The Morgan fingerprint density at radius 2 is 2.00 bits per heavy atom. The number of nitrogens with two attached hydrogens (primary N) is 1. The average molecular weight is 277 g/mol. The summed E-state index contributed by atoms with van der Waals surface area (Å²) in [5.74, 6) is 0.588. The lowest BCUT2D eigenvalue weighted by molar-refractivity contribution is -0.124. The first-order chi connectivity index (χ1) is 9.58. The summed E-state index contributed by atoms with van der Waals surface area (Å²) in [7, 11) is 0. The number of carbonyl (C=O) groups excluding carboxylic acids is 2. The predicted octanol–water partition coefficient (Wildman–Crippen LogP) is -0.213. The minimum atomic E-state index is -0.811. The average Bonchev–Trinajstić information content (AvgIpc) is 2.47. The smallest absolute Gasteiger partial charge is 0.318 e. The summed E-state index contributed by atoms with van der Waals surface area (Å²) in [5, 5.41) is 2.12. The van der Waals surface area contributed by atoms with Crippen LogP contribution in [0, 0.1) is 0 Å². The maximum absolute atomic E-state index is 11.7. The first kappa shape index (κ1) is 14.3. The third-order valence-corrected chi connectivity index (χ3v) is 3.46. The zero-order valence-corrected chi connectivity index (χ0v) is 11.5. The minimum absolute atomic E-state index is 0.358. The molecular weight excluding hydrogens is 258 g/mol. The van der Waals surface area contributed by atoms with Gasteiger partial charge in [0.1, 0.15) is 5.82 Å². The number of anilines is 1. The Labute approximate surface area is 117 Å². The number of nitrogens with one attached hydrogen (secondary N) is 1. The highest BCUT2D eigenvalue weighted by atomic mass is 16.2. The molecule has 0 radical (unpaired) electrons. The van der Waals surface area contributed by atoms with Crippen molar-refractivity contribution in [3.05, 3.63) is 24.4 Å². The number of primary amides is 1. The van der Waals surface area contributed by atoms with Crippen LogP contribution < -0.4 is 16.0 Å². The molecule has 7 nitrogen and oxygen atoms in total. The molecule has 3 N–H and O–H groups in total. The molecule has 0 spiro atoms. The predicted molar refractivity (Wildman–Crippen MR) is 75.2 cm³/mol. The zero-order chi connectivity index (χ0) is 14.5. The Hall–Kier alpha value is -2.15. The Morgan fingerprint density at radius 1 is 1.30 bits per heavy atom. The van der Waals surface area contributed by atoms with Crippen molar-refractivity contribution < 1.29 is 9.59 Å². The summed E-state index contributed by atoms with van der Waals surface area (Å²) in [6.07, 6.45) is 1.77. The molecule has 1 saturated heterocycles. The van der Waals surface area contributed by atoms with E-state index in [4.69, 9.17) is 5.73 Å². The summed E-state index contributed by atoms with van der Waals surface area (Å²) in [6.45, 7) is 4.85. The van der Waals surface area contributed by atoms with Gasteiger partial charge in [-0.05, 0) is 19.1 Å². The second kappa shape index (κ2) is 6.33. The molecule has 1 aliphatic heterocycles. The molecule has 108 valence electrons. The lowest BCUT2D eigenvalue weighted by atomic mass is 10.2. The van der Waals surface area contributed by atoms with Gasteiger partial charge in [0.15, 0.2) is 0 Å². The van der Waals surface area contributed by atoms with Crippen LogP contribution in [0.15, 0.2) is 24.4 Å². The number of hydrogen-bond acceptors (Lipinski definition) is 5. The number of carbonyl (C=O) groups is 2. The van der Waals surface area contributed by atoms with E-state index in [2.05, 4.69) is 15.2 Å². The van der Waals surface area contributed by atoms with E-state index in [0.29, 0.717) is 0 Å². The molecule has 0 aliphatic carbocycles. The lowest BCUT2D eigenvalue weighted by Gasteiger charge is -2.37. The molecule has 0 saturated carbocycles. The second-order valence-electron chi connectivity index (χ2n) is 4.74. The van der Waals surface area contributed by atoms with E-state index >= 15 is 0 Å². The SMILES string of the molecule is C[C@H](C(=O)NC(N)=O)N1CCN(c2ccccn2)CC1. The molecule has 0 aromatic carbocycles. The number of hydrogen-bond donors (Lipinski definition) is 2. The third kappa shape index (κ3) is 3.45. The van der Waals surface area contributed by atoms with Crippen LogP contribution in [0.4, 0.5) is 10.6 Å². The van der Waals surface area contributed by atoms with Crippen molar-refractivity contribution in [1.82, 2.24) is 15.2 Å². The molecule has 7 heteroatoms. The Balaban J connectivity index is 1.88. The van der Waals surface area contributed by atoms with Gasteiger partial charge in [-0.25, -0.2) is 9.78 Å². The number of nitrogens with zero attached hydrogens (tertiary/aromatic N) is 3. The number of pyridine rings is 1. The number of urea groups is 1. The monoisotopic (exact) mass is 277 g/mol. The number of amides is 3. The van der Waals surface area contributed by atoms with E-state index in [-0.39, 0.29) is 11.9 Å². The maximum Gasteiger partial charge on any atom is 0.318 e. The zero-order valence-electron chi connectivity index (χ0n) is 11.5. The molecule has 0 unspecified atom stereocenters. The number of piperazine rings is 1. The minimum Gasteiger partial charge on any atom is -0.354 e. The fourth-order valence-corrected chi connectivity index (χ4v) is 2.27. The number of aromatic nitrogens is 1. The highest BCUT2D eigenvalue weighted by Crippen LogP contribution is 2.13. The molecular formula is C13H19N5O2. The van der Waals surface area contributed by atoms with Crippen LogP contribution in [0.5, 0.6) is 0 Å². The van der Waals surface area contributed by atoms with Crippen LogP contribution in [0.3, 0.4) is 0 Å². The van der Waals surface area contributed by atoms with Gasteiger partial charge >= 0.3 is 6.03 Å². The Kier molecular flexibility index (Phi) is 4.52. The summed E-state index contributed by atoms with van der Waals surface area (Å²) >= 11 is 0. The van der Waals surface area contributed by atoms with Crippen molar-refractivity contribution in [1.29, 1.82) is 0 Å². The van der Waals surface area contributed by atoms with Crippen LogP contribution in [0.1, 0.15) is 6.92 Å². The molecule has 2 rings (SSSR count). The van der Waals surface area contributed by atoms with Crippen LogP contribution in [-0.2, 0) is 4.79 Å². The van der Waals surface area contributed by atoms with Gasteiger partial charge in [0.2, 0.25) is 5.91 Å². The van der Waals surface area contributed by atoms with Crippen molar-refractivity contribution in [3.8, 4) is 0 Å². The highest BCUT2D eigenvalue weighted by Gasteiger charge is 2.26. The Morgan fingerprint density at radius 3 is 2.55 bits per heavy atom. The second-order valence-corrected chi connectivity index (χ2v) is 4.74. The number of rotatable bonds is 3. The van der Waals surface area contributed by atoms with Crippen LogP contribution in [0.25, 0.3) is 0 Å². The van der Waals surface area contributed by atoms with Gasteiger partial charge < -0.3 is 10.6 Å². The van der Waals surface area contributed by atoms with Crippen LogP contribution >= 0.6 is 0 Å². The molecule has 1 fully saturated rings. The van der Waals surface area contributed by atoms with Crippen molar-refractivity contribution in [2.24, 2.45) is 5.73 Å². The summed E-state index contributed by atoms with van der Waals surface area (Å²) in [5.41, 5.74) is 4.95. The normalized spacial score (nSPS) is 17.6. The fraction of sp³-hybridized carbons (Fsp3) is 0.462. The molecule has 20 heavy (non-hydrogen) atoms. The molecule has 1 aliphatic rings. The number of imide groups is 1. The standard InChI is InChI=1S/C13H19N5O2/c1-10(12(19)16-13(14)20)17-6-8-18(9-7-17)11-4-2-3-5-15-11/h2-5,10H,6-9H2,1H3,(H3,14,16,19,20)/t10-/m1/s1. The van der Waals surface area contributed by atoms with Gasteiger partial charge in [0.05, 0.1) is 6.04 Å². The first-order valence-electron chi connectivity index (χ1n) is 6.58. The van der Waals surface area contributed by atoms with Gasteiger partial charge in [0, 0.05) is 32.4 Å². The van der Waals surface area contributed by atoms with E-state index < -0.39 is 6.03 Å². The van der Waals surface area contributed by atoms with Crippen molar-refractivity contribution in [2.45, 2.75) is 13.0 Å². The van der Waals surface area contributed by atoms with E-state index in [9.17, 15) is 9.59 Å². The van der Waals surface area contributed by atoms with Crippen LogP contribution in [0.2, 0.25) is 0 Å². The van der Waals surface area contributed by atoms with Gasteiger partial charge in [-0.1, -0.05) is 6.07 Å². The highest BCUT2D eigenvalue weighted by molar-refractivity contribution is 5.96. The van der Waals surface area contributed by atoms with Crippen LogP contribution in [-0.4, -0.2) is 54.0 Å². The molecule has 3 amide bonds. The van der Waals surface area contributed by atoms with Crippen molar-refractivity contribution >= 4 is 17.8 Å². The maximum atomic E-state index is 11.7. The van der Waals surface area contributed by atoms with E-state index in [0.717, 1.165) is 32.0 Å². The van der Waals surface area contributed by atoms with Crippen molar-refractivity contribution in [3.63, 3.8) is 0 Å². The van der Waals surface area contributed by atoms with Gasteiger partial charge in [-0.15, -0.1) is 0 Å². The lowest BCUT2D eigenvalue weighted by Crippen LogP contribution is -2.55. The summed E-state index contributed by atoms with van der Waals surface area (Å²) < 4.78 is 0. The molecule has 1 aromatic heterocycles.